The molecular weight excluding hydrogens is 160 g/mol. The molecule has 0 aliphatic rings. The predicted molar refractivity (Wildman–Crippen MR) is 56.3 cm³/mol. The van der Waals surface area contributed by atoms with Crippen molar-refractivity contribution in [1.82, 2.24) is 0 Å². The first-order valence-corrected chi connectivity index (χ1v) is 4.53. The Labute approximate surface area is 79.9 Å². The van der Waals surface area contributed by atoms with E-state index in [1.54, 1.807) is 0 Å². The first-order valence-electron chi connectivity index (χ1n) is 4.53. The molecule has 2 nitrogen and oxygen atoms in total. The van der Waals surface area contributed by atoms with E-state index in [1.807, 2.05) is 18.2 Å². The minimum Gasteiger partial charge on any atom is -0.312 e. The second-order valence-electron chi connectivity index (χ2n) is 4.36. The average Bonchev–Trinajstić information content (AvgIpc) is 2.03. The van der Waals surface area contributed by atoms with Gasteiger partial charge in [-0.25, -0.2) is 0 Å². The molecular formula is C11H18N2. The summed E-state index contributed by atoms with van der Waals surface area (Å²) < 4.78 is 0. The fourth-order valence-corrected chi connectivity index (χ4v) is 1.47. The fraction of sp³-hybridized carbons (Fsp3) is 0.455. The van der Waals surface area contributed by atoms with E-state index in [1.165, 1.54) is 5.56 Å². The normalized spacial score (nSPS) is 12.2. The van der Waals surface area contributed by atoms with E-state index in [0.717, 1.165) is 5.56 Å². The van der Waals surface area contributed by atoms with Gasteiger partial charge in [-0.05, 0) is 16.5 Å². The molecule has 0 heterocycles. The number of benzene rings is 1. The van der Waals surface area contributed by atoms with Gasteiger partial charge in [-0.3, -0.25) is 0 Å². The van der Waals surface area contributed by atoms with Gasteiger partial charge in [0.1, 0.15) is 0 Å². The molecule has 0 bridgehead atoms. The minimum absolute atomic E-state index is 0.105. The molecule has 72 valence electrons. The topological polar surface area (TPSA) is 52.0 Å². The SMILES string of the molecule is CC(C)(C)c1ccccc1C(N)N. The smallest absolute Gasteiger partial charge is 0.0787 e. The van der Waals surface area contributed by atoms with Crippen molar-refractivity contribution in [2.75, 3.05) is 0 Å². The lowest BCUT2D eigenvalue weighted by molar-refractivity contribution is 0.572. The van der Waals surface area contributed by atoms with Crippen molar-refractivity contribution in [2.24, 2.45) is 11.5 Å². The maximum atomic E-state index is 5.69. The van der Waals surface area contributed by atoms with Crippen LogP contribution in [-0.4, -0.2) is 0 Å². The third-order valence-electron chi connectivity index (χ3n) is 2.13. The monoisotopic (exact) mass is 178 g/mol. The van der Waals surface area contributed by atoms with Crippen molar-refractivity contribution >= 4 is 0 Å². The highest BCUT2D eigenvalue weighted by molar-refractivity contribution is 5.34. The number of hydrogen-bond donors (Lipinski definition) is 2. The van der Waals surface area contributed by atoms with Crippen LogP contribution in [0.4, 0.5) is 0 Å². The van der Waals surface area contributed by atoms with E-state index in [2.05, 4.69) is 26.8 Å². The molecule has 0 aliphatic carbocycles. The number of hydrogen-bond acceptors (Lipinski definition) is 2. The van der Waals surface area contributed by atoms with Crippen molar-refractivity contribution in [2.45, 2.75) is 32.4 Å². The third-order valence-corrected chi connectivity index (χ3v) is 2.13. The lowest BCUT2D eigenvalue weighted by atomic mass is 9.83. The Balaban J connectivity index is 3.20. The summed E-state index contributed by atoms with van der Waals surface area (Å²) in [5.41, 5.74) is 13.7. The summed E-state index contributed by atoms with van der Waals surface area (Å²) in [6.45, 7) is 6.48. The summed E-state index contributed by atoms with van der Waals surface area (Å²) in [6, 6.07) is 8.07. The summed E-state index contributed by atoms with van der Waals surface area (Å²) in [7, 11) is 0. The van der Waals surface area contributed by atoms with Gasteiger partial charge in [0.05, 0.1) is 6.17 Å². The molecule has 0 fully saturated rings. The molecule has 0 unspecified atom stereocenters. The third kappa shape index (κ3) is 2.29. The van der Waals surface area contributed by atoms with Crippen molar-refractivity contribution < 1.29 is 0 Å². The molecule has 1 aromatic carbocycles. The fourth-order valence-electron chi connectivity index (χ4n) is 1.47. The molecule has 0 saturated carbocycles. The van der Waals surface area contributed by atoms with E-state index in [9.17, 15) is 0 Å². The minimum atomic E-state index is -0.379. The first-order chi connectivity index (χ1) is 5.93. The highest BCUT2D eigenvalue weighted by atomic mass is 14.8. The molecule has 13 heavy (non-hydrogen) atoms. The van der Waals surface area contributed by atoms with Gasteiger partial charge in [-0.15, -0.1) is 0 Å². The van der Waals surface area contributed by atoms with E-state index in [4.69, 9.17) is 11.5 Å². The number of nitrogens with two attached hydrogens (primary N) is 2. The van der Waals surface area contributed by atoms with Crippen LogP contribution in [0.25, 0.3) is 0 Å². The zero-order valence-electron chi connectivity index (χ0n) is 8.54. The molecule has 1 rings (SSSR count). The zero-order valence-corrected chi connectivity index (χ0v) is 8.54. The van der Waals surface area contributed by atoms with Crippen LogP contribution >= 0.6 is 0 Å². The van der Waals surface area contributed by atoms with Crippen molar-refractivity contribution in [1.29, 1.82) is 0 Å². The van der Waals surface area contributed by atoms with Crippen molar-refractivity contribution in [3.8, 4) is 0 Å². The molecule has 0 amide bonds. The van der Waals surface area contributed by atoms with Gasteiger partial charge in [0.2, 0.25) is 0 Å². The predicted octanol–water partition coefficient (Wildman–Crippen LogP) is 1.90. The largest absolute Gasteiger partial charge is 0.312 e. The van der Waals surface area contributed by atoms with Crippen LogP contribution in [0.5, 0.6) is 0 Å². The lowest BCUT2D eigenvalue weighted by Gasteiger charge is -2.24. The molecule has 1 aromatic rings. The van der Waals surface area contributed by atoms with Gasteiger partial charge >= 0.3 is 0 Å². The van der Waals surface area contributed by atoms with Gasteiger partial charge in [-0.1, -0.05) is 45.0 Å². The van der Waals surface area contributed by atoms with Gasteiger partial charge in [0.15, 0.2) is 0 Å². The standard InChI is InChI=1S/C11H18N2/c1-11(2,3)9-7-5-4-6-8(9)10(12)13/h4-7,10H,12-13H2,1-3H3. The second kappa shape index (κ2) is 3.48. The van der Waals surface area contributed by atoms with Crippen molar-refractivity contribution in [3.05, 3.63) is 35.4 Å². The molecule has 4 N–H and O–H groups in total. The van der Waals surface area contributed by atoms with Gasteiger partial charge < -0.3 is 11.5 Å². The first kappa shape index (κ1) is 10.2. The zero-order chi connectivity index (χ0) is 10.1. The van der Waals surface area contributed by atoms with E-state index in [-0.39, 0.29) is 11.6 Å². The van der Waals surface area contributed by atoms with Crippen LogP contribution in [0, 0.1) is 0 Å². The van der Waals surface area contributed by atoms with Gasteiger partial charge in [0.25, 0.3) is 0 Å². The summed E-state index contributed by atoms with van der Waals surface area (Å²) in [5, 5.41) is 0. The Morgan fingerprint density at radius 3 is 2.00 bits per heavy atom. The number of rotatable bonds is 1. The Kier molecular flexibility index (Phi) is 2.74. The molecule has 2 heteroatoms. The highest BCUT2D eigenvalue weighted by Crippen LogP contribution is 2.27. The maximum absolute atomic E-state index is 5.69. The van der Waals surface area contributed by atoms with Gasteiger partial charge in [-0.2, -0.15) is 0 Å². The van der Waals surface area contributed by atoms with E-state index < -0.39 is 0 Å². The van der Waals surface area contributed by atoms with E-state index >= 15 is 0 Å². The summed E-state index contributed by atoms with van der Waals surface area (Å²) >= 11 is 0. The summed E-state index contributed by atoms with van der Waals surface area (Å²) in [4.78, 5) is 0. The Bertz CT molecular complexity index is 284. The summed E-state index contributed by atoms with van der Waals surface area (Å²) in [6.07, 6.45) is -0.379. The van der Waals surface area contributed by atoms with Crippen molar-refractivity contribution in [3.63, 3.8) is 0 Å². The molecule has 0 aliphatic heterocycles. The second-order valence-corrected chi connectivity index (χ2v) is 4.36. The molecule has 0 saturated heterocycles. The van der Waals surface area contributed by atoms with Crippen LogP contribution in [0.3, 0.4) is 0 Å². The lowest BCUT2D eigenvalue weighted by Crippen LogP contribution is -2.25. The van der Waals surface area contributed by atoms with Crippen LogP contribution in [0.15, 0.2) is 24.3 Å². The van der Waals surface area contributed by atoms with Crippen LogP contribution in [0.2, 0.25) is 0 Å². The highest BCUT2D eigenvalue weighted by Gasteiger charge is 2.18. The Morgan fingerprint density at radius 2 is 1.62 bits per heavy atom. The van der Waals surface area contributed by atoms with Crippen LogP contribution < -0.4 is 11.5 Å². The van der Waals surface area contributed by atoms with Crippen LogP contribution in [0.1, 0.15) is 38.1 Å². The summed E-state index contributed by atoms with van der Waals surface area (Å²) in [5.74, 6) is 0. The Morgan fingerprint density at radius 1 is 1.08 bits per heavy atom. The van der Waals surface area contributed by atoms with Crippen LogP contribution in [-0.2, 0) is 5.41 Å². The maximum Gasteiger partial charge on any atom is 0.0787 e. The Hall–Kier alpha value is -0.860. The molecule has 0 radical (unpaired) electrons. The van der Waals surface area contributed by atoms with E-state index in [0.29, 0.717) is 0 Å². The van der Waals surface area contributed by atoms with Gasteiger partial charge in [0, 0.05) is 0 Å². The average molecular weight is 178 g/mol. The quantitative estimate of drug-likeness (QED) is 0.645. The molecule has 0 aromatic heterocycles. The molecule has 0 spiro atoms. The molecule has 0 atom stereocenters.